The van der Waals surface area contributed by atoms with Crippen LogP contribution in [0.1, 0.15) is 71.4 Å². The van der Waals surface area contributed by atoms with Gasteiger partial charge in [-0.15, -0.1) is 0 Å². The normalized spacial score (nSPS) is 27.1. The van der Waals surface area contributed by atoms with E-state index in [2.05, 4.69) is 64.2 Å². The van der Waals surface area contributed by atoms with Gasteiger partial charge in [0.2, 0.25) is 0 Å². The molecule has 2 unspecified atom stereocenters. The number of ether oxygens (including phenoxy) is 1. The van der Waals surface area contributed by atoms with E-state index in [1.54, 1.807) is 0 Å². The second kappa shape index (κ2) is 9.58. The fraction of sp³-hybridized carbons (Fsp3) is 0.536. The zero-order valence-corrected chi connectivity index (χ0v) is 21.2. The number of aldehydes is 1. The van der Waals surface area contributed by atoms with Gasteiger partial charge >= 0.3 is 7.12 Å². The van der Waals surface area contributed by atoms with E-state index in [4.69, 9.17) is 14.0 Å². The van der Waals surface area contributed by atoms with E-state index < -0.39 is 11.3 Å². The van der Waals surface area contributed by atoms with Gasteiger partial charge in [0.25, 0.3) is 0 Å². The summed E-state index contributed by atoms with van der Waals surface area (Å²) in [6, 6.07) is 20.3. The van der Waals surface area contributed by atoms with Crippen LogP contribution < -0.4 is 5.32 Å². The van der Waals surface area contributed by atoms with Crippen LogP contribution in [0, 0.1) is 0 Å². The molecule has 0 aromatic heterocycles. The molecule has 0 spiro atoms. The summed E-state index contributed by atoms with van der Waals surface area (Å²) in [5.74, 6) is 0. The Kier molecular flexibility index (Phi) is 7.08. The maximum Gasteiger partial charge on any atom is 0.457 e. The summed E-state index contributed by atoms with van der Waals surface area (Å²) in [4.78, 5) is 12.7. The Labute approximate surface area is 204 Å². The molecular weight excluding hydrogens is 425 g/mol. The fourth-order valence-electron chi connectivity index (χ4n) is 5.20. The first kappa shape index (κ1) is 25.1. The summed E-state index contributed by atoms with van der Waals surface area (Å²) in [6.45, 7) is 10.4. The van der Waals surface area contributed by atoms with Crippen LogP contribution in [0.5, 0.6) is 0 Å². The highest BCUT2D eigenvalue weighted by Gasteiger charge is 2.56. The molecule has 4 rings (SSSR count). The summed E-state index contributed by atoms with van der Waals surface area (Å²) >= 11 is 0. The molecule has 6 heteroatoms. The third kappa shape index (κ3) is 4.49. The Morgan fingerprint density at radius 1 is 0.882 bits per heavy atom. The standard InChI is InChI=1S/C28H38BNO4/c1-6-24-27(21-31,19-13-14-20-29-33-25(2,3)26(4,5)34-29)30-28(32-24,22-15-9-7-10-16-22)23-17-11-8-12-18-23/h7-12,15-18,21,24,30H,6,13-14,19-20H2,1-5H3. The van der Waals surface area contributed by atoms with Gasteiger partial charge in [-0.1, -0.05) is 80.4 Å². The summed E-state index contributed by atoms with van der Waals surface area (Å²) in [5.41, 5.74) is -0.269. The van der Waals surface area contributed by atoms with Crippen LogP contribution in [0.3, 0.4) is 0 Å². The number of hydrogen-bond donors (Lipinski definition) is 1. The number of benzene rings is 2. The van der Waals surface area contributed by atoms with Gasteiger partial charge in [-0.3, -0.25) is 5.32 Å². The molecule has 2 atom stereocenters. The molecule has 2 aliphatic rings. The van der Waals surface area contributed by atoms with Crippen LogP contribution in [-0.4, -0.2) is 36.2 Å². The second-order valence-corrected chi connectivity index (χ2v) is 10.6. The van der Waals surface area contributed by atoms with Crippen LogP contribution >= 0.6 is 0 Å². The summed E-state index contributed by atoms with van der Waals surface area (Å²) in [6.07, 6.45) is 4.86. The number of unbranched alkanes of at least 4 members (excludes halogenated alkanes) is 1. The number of hydrogen-bond acceptors (Lipinski definition) is 5. The third-order valence-electron chi connectivity index (χ3n) is 7.83. The summed E-state index contributed by atoms with van der Waals surface area (Å²) < 4.78 is 19.1. The molecule has 2 fully saturated rings. The largest absolute Gasteiger partial charge is 0.457 e. The molecule has 0 amide bonds. The second-order valence-electron chi connectivity index (χ2n) is 10.6. The molecule has 2 aromatic carbocycles. The Hall–Kier alpha value is -1.99. The summed E-state index contributed by atoms with van der Waals surface area (Å²) in [7, 11) is -0.209. The molecule has 0 bridgehead atoms. The molecule has 0 saturated carbocycles. The maximum atomic E-state index is 12.7. The molecule has 182 valence electrons. The zero-order chi connectivity index (χ0) is 24.5. The molecule has 2 saturated heterocycles. The van der Waals surface area contributed by atoms with Gasteiger partial charge in [-0.25, -0.2) is 0 Å². The van der Waals surface area contributed by atoms with Gasteiger partial charge in [0.1, 0.15) is 11.8 Å². The lowest BCUT2D eigenvalue weighted by Crippen LogP contribution is -2.53. The maximum absolute atomic E-state index is 12.7. The van der Waals surface area contributed by atoms with Gasteiger partial charge in [0.15, 0.2) is 5.72 Å². The molecule has 34 heavy (non-hydrogen) atoms. The van der Waals surface area contributed by atoms with E-state index in [0.29, 0.717) is 6.42 Å². The Morgan fingerprint density at radius 2 is 1.41 bits per heavy atom. The first-order chi connectivity index (χ1) is 16.2. The monoisotopic (exact) mass is 463 g/mol. The molecular formula is C28H38BNO4. The third-order valence-corrected chi connectivity index (χ3v) is 7.83. The average Bonchev–Trinajstić information content (AvgIpc) is 3.28. The van der Waals surface area contributed by atoms with Crippen molar-refractivity contribution in [2.45, 2.75) is 95.2 Å². The molecule has 2 aliphatic heterocycles. The lowest BCUT2D eigenvalue weighted by Gasteiger charge is -2.32. The van der Waals surface area contributed by atoms with Crippen LogP contribution in [0.2, 0.25) is 6.32 Å². The minimum atomic E-state index is -0.865. The van der Waals surface area contributed by atoms with Crippen molar-refractivity contribution in [1.82, 2.24) is 5.32 Å². The molecule has 1 N–H and O–H groups in total. The van der Waals surface area contributed by atoms with Crippen molar-refractivity contribution in [3.8, 4) is 0 Å². The molecule has 2 heterocycles. The van der Waals surface area contributed by atoms with Crippen molar-refractivity contribution in [3.05, 3.63) is 71.8 Å². The quantitative estimate of drug-likeness (QED) is 0.303. The van der Waals surface area contributed by atoms with E-state index >= 15 is 0 Å². The highest BCUT2D eigenvalue weighted by molar-refractivity contribution is 6.45. The van der Waals surface area contributed by atoms with Crippen molar-refractivity contribution >= 4 is 13.4 Å². The lowest BCUT2D eigenvalue weighted by molar-refractivity contribution is -0.115. The first-order valence-corrected chi connectivity index (χ1v) is 12.6. The van der Waals surface area contributed by atoms with E-state index in [0.717, 1.165) is 43.0 Å². The minimum absolute atomic E-state index is 0.209. The lowest BCUT2D eigenvalue weighted by atomic mass is 9.80. The Balaban J connectivity index is 1.51. The van der Waals surface area contributed by atoms with Gasteiger partial charge in [0.05, 0.1) is 17.3 Å². The first-order valence-electron chi connectivity index (χ1n) is 12.6. The fourth-order valence-corrected chi connectivity index (χ4v) is 5.20. The van der Waals surface area contributed by atoms with E-state index in [9.17, 15) is 4.79 Å². The highest BCUT2D eigenvalue weighted by Crippen LogP contribution is 2.44. The van der Waals surface area contributed by atoms with Crippen LogP contribution in [0.15, 0.2) is 60.7 Å². The topological polar surface area (TPSA) is 56.8 Å². The summed E-state index contributed by atoms with van der Waals surface area (Å²) in [5, 5.41) is 3.70. The van der Waals surface area contributed by atoms with Crippen molar-refractivity contribution in [2.75, 3.05) is 0 Å². The van der Waals surface area contributed by atoms with Gasteiger partial charge < -0.3 is 18.8 Å². The number of rotatable bonds is 9. The van der Waals surface area contributed by atoms with Crippen LogP contribution in [0.4, 0.5) is 0 Å². The number of nitrogens with one attached hydrogen (secondary N) is 1. The van der Waals surface area contributed by atoms with E-state index in [1.165, 1.54) is 0 Å². The average molecular weight is 463 g/mol. The molecule has 0 radical (unpaired) electrons. The predicted molar refractivity (Wildman–Crippen MR) is 135 cm³/mol. The van der Waals surface area contributed by atoms with Crippen molar-refractivity contribution in [3.63, 3.8) is 0 Å². The predicted octanol–water partition coefficient (Wildman–Crippen LogP) is 5.49. The zero-order valence-electron chi connectivity index (χ0n) is 21.2. The molecule has 5 nitrogen and oxygen atoms in total. The number of carbonyl (C=O) groups excluding carboxylic acids is 1. The van der Waals surface area contributed by atoms with Gasteiger partial charge in [0, 0.05) is 11.1 Å². The molecule has 0 aliphatic carbocycles. The smallest absolute Gasteiger partial charge is 0.403 e. The van der Waals surface area contributed by atoms with Crippen molar-refractivity contribution in [2.24, 2.45) is 0 Å². The van der Waals surface area contributed by atoms with E-state index in [-0.39, 0.29) is 24.4 Å². The van der Waals surface area contributed by atoms with Gasteiger partial charge in [-0.05, 0) is 46.9 Å². The van der Waals surface area contributed by atoms with Gasteiger partial charge in [-0.2, -0.15) is 0 Å². The van der Waals surface area contributed by atoms with Crippen LogP contribution in [-0.2, 0) is 24.6 Å². The highest BCUT2D eigenvalue weighted by atomic mass is 16.7. The number of carbonyl (C=O) groups is 1. The molecule has 2 aromatic rings. The Morgan fingerprint density at radius 3 is 1.88 bits per heavy atom. The minimum Gasteiger partial charge on any atom is -0.403 e. The van der Waals surface area contributed by atoms with Crippen LogP contribution in [0.25, 0.3) is 0 Å². The van der Waals surface area contributed by atoms with Crippen molar-refractivity contribution < 1.29 is 18.8 Å². The Bertz CT molecular complexity index is 909. The SMILES string of the molecule is CCC1OC(c2ccccc2)(c2ccccc2)NC1(C=O)CCCCB1OC(C)(C)C(C)(C)O1. The van der Waals surface area contributed by atoms with Crippen molar-refractivity contribution in [1.29, 1.82) is 0 Å². The van der Waals surface area contributed by atoms with E-state index in [1.807, 2.05) is 36.4 Å².